The fraction of sp³-hybridized carbons (Fsp3) is 0.936. The molecule has 1 saturated heterocycles. The van der Waals surface area contributed by atoms with E-state index >= 15 is 0 Å². The minimum Gasteiger partial charge on any atom is -0.466 e. The van der Waals surface area contributed by atoms with Crippen LogP contribution in [0.3, 0.4) is 0 Å². The van der Waals surface area contributed by atoms with Gasteiger partial charge in [-0.15, -0.1) is 0 Å². The van der Waals surface area contributed by atoms with Gasteiger partial charge in [-0.05, 0) is 64.3 Å². The summed E-state index contributed by atoms with van der Waals surface area (Å²) in [5, 5.41) is 10.3. The lowest BCUT2D eigenvalue weighted by Gasteiger charge is -2.22. The maximum absolute atomic E-state index is 12.9. The zero-order valence-electron chi connectivity index (χ0n) is 36.4. The van der Waals surface area contributed by atoms with E-state index in [1.807, 2.05) is 4.90 Å². The predicted molar refractivity (Wildman–Crippen MR) is 227 cm³/mol. The normalized spacial score (nSPS) is 15.9. The van der Waals surface area contributed by atoms with E-state index < -0.39 is 12.1 Å². The summed E-state index contributed by atoms with van der Waals surface area (Å²) in [4.78, 5) is 39.7. The lowest BCUT2D eigenvalue weighted by Crippen LogP contribution is -2.38. The molecule has 2 atom stereocenters. The molecule has 1 aliphatic heterocycles. The third-order valence-electron chi connectivity index (χ3n) is 11.3. The number of unbranched alkanes of at least 4 members (excludes halogenated alkanes) is 24. The third-order valence-corrected chi connectivity index (χ3v) is 11.3. The van der Waals surface area contributed by atoms with Crippen molar-refractivity contribution >= 4 is 17.9 Å². The molecule has 8 nitrogen and oxygen atoms in total. The van der Waals surface area contributed by atoms with Crippen molar-refractivity contribution in [1.82, 2.24) is 4.90 Å². The number of aliphatic hydroxyl groups is 1. The Labute approximate surface area is 339 Å². The van der Waals surface area contributed by atoms with Crippen LogP contribution in [0.15, 0.2) is 0 Å². The molecular formula is C47H89NO7. The molecule has 0 spiro atoms. The first-order valence-electron chi connectivity index (χ1n) is 23.8. The van der Waals surface area contributed by atoms with E-state index in [1.54, 1.807) is 0 Å². The molecule has 55 heavy (non-hydrogen) atoms. The second kappa shape index (κ2) is 37.9. The van der Waals surface area contributed by atoms with Gasteiger partial charge in [0.1, 0.15) is 12.1 Å². The number of aliphatic hydroxyl groups excluding tert-OH is 1. The molecule has 0 bridgehead atoms. The molecule has 1 aliphatic rings. The van der Waals surface area contributed by atoms with Gasteiger partial charge in [-0.25, -0.2) is 0 Å². The molecule has 0 aromatic rings. The Morgan fingerprint density at radius 3 is 1.47 bits per heavy atom. The molecule has 0 aromatic heterocycles. The van der Waals surface area contributed by atoms with Crippen LogP contribution in [-0.2, 0) is 28.6 Å². The van der Waals surface area contributed by atoms with Crippen molar-refractivity contribution in [2.75, 3.05) is 26.3 Å². The minimum atomic E-state index is -0.512. The maximum Gasteiger partial charge on any atom is 0.323 e. The Kier molecular flexibility index (Phi) is 35.4. The van der Waals surface area contributed by atoms with E-state index in [0.717, 1.165) is 89.9 Å². The number of esters is 3. The Hall–Kier alpha value is -1.67. The van der Waals surface area contributed by atoms with E-state index in [-0.39, 0.29) is 24.0 Å². The summed E-state index contributed by atoms with van der Waals surface area (Å²) in [6.07, 6.45) is 36.4. The van der Waals surface area contributed by atoms with Crippen molar-refractivity contribution in [3.05, 3.63) is 0 Å². The number of carbonyl (C=O) groups is 3. The Bertz CT molecular complexity index is 883. The fourth-order valence-electron chi connectivity index (χ4n) is 7.79. The number of ether oxygens (including phenoxy) is 3. The number of rotatable bonds is 40. The summed E-state index contributed by atoms with van der Waals surface area (Å²) in [6, 6.07) is -0.395. The van der Waals surface area contributed by atoms with Crippen LogP contribution < -0.4 is 0 Å². The van der Waals surface area contributed by atoms with Crippen LogP contribution in [0.1, 0.15) is 239 Å². The first kappa shape index (κ1) is 51.3. The van der Waals surface area contributed by atoms with Gasteiger partial charge in [-0.3, -0.25) is 19.3 Å². The van der Waals surface area contributed by atoms with Gasteiger partial charge in [-0.1, -0.05) is 162 Å². The topological polar surface area (TPSA) is 102 Å². The molecule has 0 aliphatic carbocycles. The van der Waals surface area contributed by atoms with Crippen molar-refractivity contribution in [2.24, 2.45) is 0 Å². The van der Waals surface area contributed by atoms with Crippen molar-refractivity contribution in [1.29, 1.82) is 0 Å². The van der Waals surface area contributed by atoms with Gasteiger partial charge < -0.3 is 19.3 Å². The van der Waals surface area contributed by atoms with E-state index in [0.29, 0.717) is 45.6 Å². The molecular weight excluding hydrogens is 691 g/mol. The number of hydrogen-bond acceptors (Lipinski definition) is 8. The molecule has 1 rings (SSSR count). The number of likely N-dealkylation sites (tertiary alicyclic amines) is 1. The highest BCUT2D eigenvalue weighted by Gasteiger charge is 2.36. The first-order chi connectivity index (χ1) is 26.9. The van der Waals surface area contributed by atoms with Crippen molar-refractivity contribution in [3.8, 4) is 0 Å². The SMILES string of the molecule is CCCCCCCCCCCOC(=O)CCCCCN1C[C@H](O)C[C@H]1C(=O)OCCCCCCCC(=O)OC(CCCCCCCC)CCCCCCCC. The molecule has 1 fully saturated rings. The van der Waals surface area contributed by atoms with E-state index in [1.165, 1.54) is 109 Å². The van der Waals surface area contributed by atoms with Gasteiger partial charge in [0.15, 0.2) is 0 Å². The zero-order chi connectivity index (χ0) is 40.0. The molecule has 8 heteroatoms. The Balaban J connectivity index is 2.13. The average molecular weight is 780 g/mol. The van der Waals surface area contributed by atoms with Crippen LogP contribution in [0.4, 0.5) is 0 Å². The molecule has 1 heterocycles. The number of carbonyl (C=O) groups excluding carboxylic acids is 3. The summed E-state index contributed by atoms with van der Waals surface area (Å²) < 4.78 is 17.0. The largest absolute Gasteiger partial charge is 0.466 e. The van der Waals surface area contributed by atoms with Gasteiger partial charge in [0, 0.05) is 25.8 Å². The smallest absolute Gasteiger partial charge is 0.323 e. The molecule has 1 N–H and O–H groups in total. The second-order valence-corrected chi connectivity index (χ2v) is 16.7. The van der Waals surface area contributed by atoms with Gasteiger partial charge in [0.05, 0.1) is 19.3 Å². The van der Waals surface area contributed by atoms with Crippen molar-refractivity contribution in [2.45, 2.75) is 257 Å². The minimum absolute atomic E-state index is 0.0405. The van der Waals surface area contributed by atoms with Gasteiger partial charge >= 0.3 is 17.9 Å². The highest BCUT2D eigenvalue weighted by Crippen LogP contribution is 2.21. The van der Waals surface area contributed by atoms with E-state index in [2.05, 4.69) is 20.8 Å². The quantitative estimate of drug-likeness (QED) is 0.0373. The van der Waals surface area contributed by atoms with Gasteiger partial charge in [-0.2, -0.15) is 0 Å². The van der Waals surface area contributed by atoms with Gasteiger partial charge in [0.2, 0.25) is 0 Å². The Morgan fingerprint density at radius 2 is 0.945 bits per heavy atom. The molecule has 324 valence electrons. The summed E-state index contributed by atoms with van der Waals surface area (Å²) in [5.74, 6) is -0.390. The molecule has 0 aromatic carbocycles. The van der Waals surface area contributed by atoms with Crippen molar-refractivity contribution < 1.29 is 33.7 Å². The first-order valence-corrected chi connectivity index (χ1v) is 23.8. The number of β-amino-alcohol motifs (C(OH)–C–C–N with tert-alkyl or cyclic N) is 1. The highest BCUT2D eigenvalue weighted by atomic mass is 16.5. The summed E-state index contributed by atoms with van der Waals surface area (Å²) >= 11 is 0. The standard InChI is InChI=1S/C47H89NO7/c1-4-7-10-13-16-17-18-23-31-38-53-45(50)35-29-25-30-37-48-41-42(49)40-44(48)47(52)54-39-32-24-19-22-28-36-46(51)55-43(33-26-20-14-11-8-5-2)34-27-21-15-12-9-6-3/h42-44,49H,4-41H2,1-3H3/t42-,44+/m1/s1. The lowest BCUT2D eigenvalue weighted by atomic mass is 10.0. The van der Waals surface area contributed by atoms with E-state index in [4.69, 9.17) is 14.2 Å². The summed E-state index contributed by atoms with van der Waals surface area (Å²) in [5.41, 5.74) is 0. The number of nitrogens with zero attached hydrogens (tertiary/aromatic N) is 1. The van der Waals surface area contributed by atoms with Gasteiger partial charge in [0.25, 0.3) is 0 Å². The summed E-state index contributed by atoms with van der Waals surface area (Å²) in [7, 11) is 0. The van der Waals surface area contributed by atoms with Crippen LogP contribution >= 0.6 is 0 Å². The van der Waals surface area contributed by atoms with E-state index in [9.17, 15) is 19.5 Å². The third kappa shape index (κ3) is 31.1. The van der Waals surface area contributed by atoms with Crippen LogP contribution in [0.5, 0.6) is 0 Å². The van der Waals surface area contributed by atoms with Crippen molar-refractivity contribution in [3.63, 3.8) is 0 Å². The summed E-state index contributed by atoms with van der Waals surface area (Å²) in [6.45, 7) is 8.86. The molecule has 0 radical (unpaired) electrons. The lowest BCUT2D eigenvalue weighted by molar-refractivity contribution is -0.150. The molecule has 0 saturated carbocycles. The Morgan fingerprint density at radius 1 is 0.527 bits per heavy atom. The maximum atomic E-state index is 12.9. The average Bonchev–Trinajstić information content (AvgIpc) is 3.55. The second-order valence-electron chi connectivity index (χ2n) is 16.7. The number of hydrogen-bond donors (Lipinski definition) is 1. The predicted octanol–water partition coefficient (Wildman–Crippen LogP) is 12.4. The molecule has 0 amide bonds. The fourth-order valence-corrected chi connectivity index (χ4v) is 7.79. The zero-order valence-corrected chi connectivity index (χ0v) is 36.4. The molecule has 0 unspecified atom stereocenters. The van der Waals surface area contributed by atoms with Crippen LogP contribution in [0, 0.1) is 0 Å². The van der Waals surface area contributed by atoms with Crippen LogP contribution in [-0.4, -0.2) is 72.5 Å². The van der Waals surface area contributed by atoms with Crippen LogP contribution in [0.2, 0.25) is 0 Å². The monoisotopic (exact) mass is 780 g/mol. The highest BCUT2D eigenvalue weighted by molar-refractivity contribution is 5.76. The van der Waals surface area contributed by atoms with Crippen LogP contribution in [0.25, 0.3) is 0 Å².